The molecule has 8 heteroatoms. The van der Waals surface area contributed by atoms with Gasteiger partial charge in [0.1, 0.15) is 24.4 Å². The fraction of sp³-hybridized carbons (Fsp3) is 0.848. The van der Waals surface area contributed by atoms with E-state index in [9.17, 15) is 14.7 Å². The van der Waals surface area contributed by atoms with Gasteiger partial charge in [-0.1, -0.05) is 48.5 Å². The molecule has 3 radical (unpaired) electrons. The van der Waals surface area contributed by atoms with Crippen molar-refractivity contribution in [2.24, 2.45) is 56.5 Å². The monoisotopic (exact) mass is 571 g/mol. The number of ether oxygens (including phenoxy) is 3. The van der Waals surface area contributed by atoms with Crippen LogP contribution in [0.2, 0.25) is 0 Å². The molecule has 4 N–H and O–H groups in total. The number of aliphatic hydroxyl groups is 1. The summed E-state index contributed by atoms with van der Waals surface area (Å²) in [7, 11) is 1.57. The summed E-state index contributed by atoms with van der Waals surface area (Å²) in [6.45, 7) is 15.6. The molecule has 1 unspecified atom stereocenters. The van der Waals surface area contributed by atoms with E-state index in [0.717, 1.165) is 50.7 Å². The number of primary amides is 1. The van der Waals surface area contributed by atoms with E-state index in [1.54, 1.807) is 13.0 Å². The third-order valence-corrected chi connectivity index (χ3v) is 13.6. The van der Waals surface area contributed by atoms with Gasteiger partial charge in [-0.05, 0) is 91.3 Å². The zero-order valence-corrected chi connectivity index (χ0v) is 26.3. The van der Waals surface area contributed by atoms with Crippen LogP contribution < -0.4 is 11.1 Å². The Hall–Kier alpha value is -1.54. The largest absolute Gasteiger partial charge is 0.446 e. The molecule has 1 heterocycles. The minimum atomic E-state index is -0.702. The summed E-state index contributed by atoms with van der Waals surface area (Å²) in [5, 5.41) is 14.9. The molecular weight excluding hydrogens is 520 g/mol. The highest BCUT2D eigenvalue weighted by atomic mass is 16.6. The smallest absolute Gasteiger partial charge is 0.407 e. The minimum Gasteiger partial charge on any atom is -0.446 e. The second kappa shape index (κ2) is 9.23. The molecule has 5 saturated carbocycles. The molecule has 5 aliphatic carbocycles. The number of hydrogen-bond donors (Lipinski definition) is 3. The van der Waals surface area contributed by atoms with Crippen molar-refractivity contribution >= 4 is 12.2 Å². The van der Waals surface area contributed by atoms with Crippen LogP contribution in [0.15, 0.2) is 0 Å². The van der Waals surface area contributed by atoms with E-state index in [0.29, 0.717) is 12.3 Å². The third-order valence-electron chi connectivity index (χ3n) is 13.6. The van der Waals surface area contributed by atoms with E-state index >= 15 is 0 Å². The average Bonchev–Trinajstić information content (AvgIpc) is 3.53. The summed E-state index contributed by atoms with van der Waals surface area (Å²) in [5.41, 5.74) is 5.18. The molecule has 2 amide bonds. The number of nitrogens with two attached hydrogens (primary N) is 1. The normalized spacial score (nSPS) is 47.7. The molecular formula is C33H51N2O6. The van der Waals surface area contributed by atoms with Gasteiger partial charge in [0.15, 0.2) is 0 Å². The highest BCUT2D eigenvalue weighted by molar-refractivity contribution is 5.67. The molecule has 0 aromatic rings. The van der Waals surface area contributed by atoms with Crippen LogP contribution in [0.3, 0.4) is 0 Å². The second-order valence-electron chi connectivity index (χ2n) is 15.7. The van der Waals surface area contributed by atoms with E-state index in [-0.39, 0.29) is 50.9 Å². The molecule has 10 atom stereocenters. The number of carbonyl (C=O) groups excluding carboxylic acids is 2. The van der Waals surface area contributed by atoms with Gasteiger partial charge in [-0.25, -0.2) is 9.59 Å². The van der Waals surface area contributed by atoms with Crippen LogP contribution in [0.4, 0.5) is 9.59 Å². The zero-order valence-electron chi connectivity index (χ0n) is 26.3. The second-order valence-corrected chi connectivity index (χ2v) is 15.7. The van der Waals surface area contributed by atoms with E-state index in [1.165, 1.54) is 6.42 Å². The van der Waals surface area contributed by atoms with Crippen molar-refractivity contribution in [1.82, 2.24) is 5.32 Å². The molecule has 8 nitrogen and oxygen atoms in total. The quantitative estimate of drug-likeness (QED) is 0.385. The summed E-state index contributed by atoms with van der Waals surface area (Å²) in [6, 6.07) is 0. The summed E-state index contributed by atoms with van der Waals surface area (Å²) in [6.07, 6.45) is 7.10. The first-order chi connectivity index (χ1) is 19.1. The Morgan fingerprint density at radius 3 is 2.46 bits per heavy atom. The summed E-state index contributed by atoms with van der Waals surface area (Å²) < 4.78 is 18.1. The molecule has 1 aliphatic heterocycles. The van der Waals surface area contributed by atoms with Crippen molar-refractivity contribution in [3.8, 4) is 0 Å². The van der Waals surface area contributed by atoms with Crippen LogP contribution in [0.25, 0.3) is 0 Å². The lowest BCUT2D eigenvalue weighted by Crippen LogP contribution is -2.59. The number of carbonyl (C=O) groups is 2. The fourth-order valence-corrected chi connectivity index (χ4v) is 11.7. The molecule has 2 spiro atoms. The highest BCUT2D eigenvalue weighted by Crippen LogP contribution is 2.90. The maximum Gasteiger partial charge on any atom is 0.407 e. The average molecular weight is 572 g/mol. The molecule has 1 saturated heterocycles. The summed E-state index contributed by atoms with van der Waals surface area (Å²) >= 11 is 0. The Balaban J connectivity index is 1.31. The van der Waals surface area contributed by atoms with Crippen molar-refractivity contribution in [2.75, 3.05) is 7.05 Å². The Morgan fingerprint density at radius 2 is 1.83 bits per heavy atom. The Bertz CT molecular complexity index is 1100. The third kappa shape index (κ3) is 3.64. The maximum absolute atomic E-state index is 12.3. The van der Waals surface area contributed by atoms with Gasteiger partial charge in [-0.3, -0.25) is 0 Å². The molecule has 6 rings (SSSR count). The van der Waals surface area contributed by atoms with Crippen LogP contribution in [0, 0.1) is 68.9 Å². The number of alkyl carbamates (subject to hydrolysis) is 1. The summed E-state index contributed by atoms with van der Waals surface area (Å²) in [4.78, 5) is 23.9. The van der Waals surface area contributed by atoms with Crippen LogP contribution in [-0.4, -0.2) is 42.7 Å². The first-order valence-electron chi connectivity index (χ1n) is 15.9. The van der Waals surface area contributed by atoms with Gasteiger partial charge in [0.2, 0.25) is 0 Å². The highest BCUT2D eigenvalue weighted by Gasteiger charge is 2.85. The summed E-state index contributed by atoms with van der Waals surface area (Å²) in [5.74, 6) is 2.49. The van der Waals surface area contributed by atoms with E-state index < -0.39 is 24.4 Å². The number of hydrogen-bond acceptors (Lipinski definition) is 6. The van der Waals surface area contributed by atoms with Gasteiger partial charge in [-0.15, -0.1) is 0 Å². The van der Waals surface area contributed by atoms with Gasteiger partial charge >= 0.3 is 12.2 Å². The van der Waals surface area contributed by atoms with E-state index in [4.69, 9.17) is 19.9 Å². The SMILES string of the molecule is CNC(=O)O[C@@H]([C]1C[C@@H](C)[C@H]2[C](O1)[C@H](O)[C@@]1(C)[C]3CC[C@H]4C(C)(C)C(OC(N)=O)CC[C@@]45C[C@@]35CC[C@]21C)C(C)C. The Kier molecular flexibility index (Phi) is 6.65. The van der Waals surface area contributed by atoms with Gasteiger partial charge in [0, 0.05) is 23.8 Å². The molecule has 6 fully saturated rings. The predicted octanol–water partition coefficient (Wildman–Crippen LogP) is 5.93. The Morgan fingerprint density at radius 1 is 1.12 bits per heavy atom. The van der Waals surface area contributed by atoms with Crippen molar-refractivity contribution in [3.05, 3.63) is 18.1 Å². The van der Waals surface area contributed by atoms with Crippen LogP contribution in [0.5, 0.6) is 0 Å². The fourth-order valence-electron chi connectivity index (χ4n) is 11.7. The zero-order chi connectivity index (χ0) is 29.9. The lowest BCUT2D eigenvalue weighted by Gasteiger charge is -2.63. The number of fused-ring (bicyclic) bond motifs is 4. The maximum atomic E-state index is 12.3. The van der Waals surface area contributed by atoms with Crippen LogP contribution >= 0.6 is 0 Å². The minimum absolute atomic E-state index is 0.0508. The van der Waals surface area contributed by atoms with Gasteiger partial charge in [-0.2, -0.15) is 0 Å². The predicted molar refractivity (Wildman–Crippen MR) is 153 cm³/mol. The van der Waals surface area contributed by atoms with Crippen molar-refractivity contribution < 1.29 is 28.9 Å². The van der Waals surface area contributed by atoms with Crippen LogP contribution in [-0.2, 0) is 14.2 Å². The van der Waals surface area contributed by atoms with E-state index in [1.807, 2.05) is 13.8 Å². The first kappa shape index (κ1) is 29.5. The van der Waals surface area contributed by atoms with Gasteiger partial charge < -0.3 is 30.4 Å². The molecule has 0 bridgehead atoms. The van der Waals surface area contributed by atoms with Crippen molar-refractivity contribution in [3.63, 3.8) is 0 Å². The Labute approximate surface area is 246 Å². The molecule has 0 aromatic heterocycles. The number of aliphatic hydroxyl groups excluding tert-OH is 1. The van der Waals surface area contributed by atoms with Crippen molar-refractivity contribution in [2.45, 2.75) is 118 Å². The molecule has 41 heavy (non-hydrogen) atoms. The lowest BCUT2D eigenvalue weighted by atomic mass is 9.41. The lowest BCUT2D eigenvalue weighted by molar-refractivity contribution is -0.125. The standard InChI is InChI=1S/C33H51N2O6/c1-17(2)24(41-28(38)35-8)19-15-18(3)23-25(39-19)26(36)31(7)21-10-9-20-29(4,5)22(40-27(34)37)11-12-32(20)16-33(21,32)14-13-30(23,31)6/h17-18,20,22-24,26,36H,9-16H2,1-8H3,(H2,34,37)(H,35,38)/t18-,20+,22?,23+,24-,26+,30-,31-,32-,33+/m1/s1. The molecule has 0 aromatic carbocycles. The topological polar surface area (TPSA) is 120 Å². The number of nitrogens with one attached hydrogen (secondary N) is 1. The molecule has 229 valence electrons. The van der Waals surface area contributed by atoms with Crippen molar-refractivity contribution in [1.29, 1.82) is 0 Å². The van der Waals surface area contributed by atoms with Gasteiger partial charge in [0.05, 0.1) is 6.10 Å². The van der Waals surface area contributed by atoms with E-state index in [2.05, 4.69) is 39.9 Å². The number of amides is 2. The van der Waals surface area contributed by atoms with Gasteiger partial charge in [0.25, 0.3) is 0 Å². The number of rotatable bonds is 4. The molecule has 6 aliphatic rings. The van der Waals surface area contributed by atoms with Crippen LogP contribution in [0.1, 0.15) is 99.8 Å². The first-order valence-corrected chi connectivity index (χ1v) is 15.9.